The zero-order chi connectivity index (χ0) is 45.4. The van der Waals surface area contributed by atoms with E-state index in [1.807, 2.05) is 42.5 Å². The van der Waals surface area contributed by atoms with E-state index in [1.165, 1.54) is 0 Å². The highest BCUT2D eigenvalue weighted by Gasteiger charge is 2.44. The highest BCUT2D eigenvalue weighted by atomic mass is 16.5. The first kappa shape index (κ1) is 44.8. The van der Waals surface area contributed by atoms with E-state index < -0.39 is 17.9 Å². The third-order valence-corrected chi connectivity index (χ3v) is 13.2. The number of carbonyl (C=O) groups is 4. The van der Waals surface area contributed by atoms with Gasteiger partial charge in [-0.1, -0.05) is 36.4 Å². The van der Waals surface area contributed by atoms with Gasteiger partial charge in [0.15, 0.2) is 0 Å². The van der Waals surface area contributed by atoms with Crippen LogP contribution in [-0.4, -0.2) is 144 Å². The number of benzene rings is 3. The first-order chi connectivity index (χ1) is 32.3. The molecule has 0 spiro atoms. The van der Waals surface area contributed by atoms with E-state index in [1.54, 1.807) is 24.5 Å². The average Bonchev–Trinajstić information content (AvgIpc) is 3.86. The van der Waals surface area contributed by atoms with E-state index in [0.717, 1.165) is 97.0 Å². The maximum atomic E-state index is 13.3. The Hall–Kier alpha value is -6.40. The summed E-state index contributed by atoms with van der Waals surface area (Å²) in [6, 6.07) is 22.8. The number of amides is 4. The molecule has 4 amide bonds. The van der Waals surface area contributed by atoms with Gasteiger partial charge in [-0.3, -0.25) is 33.9 Å². The molecule has 2 aromatic heterocycles. The van der Waals surface area contributed by atoms with Crippen LogP contribution in [0.4, 0.5) is 11.5 Å². The van der Waals surface area contributed by atoms with Crippen molar-refractivity contribution >= 4 is 46.2 Å². The maximum Gasteiger partial charge on any atom is 0.264 e. The number of piperidine rings is 1. The van der Waals surface area contributed by atoms with Crippen molar-refractivity contribution < 1.29 is 33.4 Å². The number of imide groups is 1. The van der Waals surface area contributed by atoms with E-state index in [2.05, 4.69) is 53.6 Å². The minimum absolute atomic E-state index is 0.0935. The number of nitrogens with two attached hydrogens (primary N) is 1. The first-order valence-corrected chi connectivity index (χ1v) is 23.2. The van der Waals surface area contributed by atoms with Gasteiger partial charge in [-0.05, 0) is 80.5 Å². The van der Waals surface area contributed by atoms with Crippen molar-refractivity contribution in [2.45, 2.75) is 56.7 Å². The van der Waals surface area contributed by atoms with Crippen LogP contribution >= 0.6 is 0 Å². The molecule has 1 unspecified atom stereocenters. The maximum absolute atomic E-state index is 13.3. The van der Waals surface area contributed by atoms with Crippen LogP contribution in [0.3, 0.4) is 0 Å². The molecule has 0 bridgehead atoms. The topological polar surface area (TPSA) is 199 Å². The summed E-state index contributed by atoms with van der Waals surface area (Å²) in [7, 11) is 0. The molecule has 1 aliphatic carbocycles. The number of piperazine rings is 1. The molecular formula is C49H58N10O7. The average molecular weight is 899 g/mol. The fraction of sp³-hybridized carbons (Fsp3) is 0.429. The quantitative estimate of drug-likeness (QED) is 0.0698. The summed E-state index contributed by atoms with van der Waals surface area (Å²) in [4.78, 5) is 66.6. The van der Waals surface area contributed by atoms with Gasteiger partial charge >= 0.3 is 0 Å². The zero-order valence-corrected chi connectivity index (χ0v) is 37.2. The van der Waals surface area contributed by atoms with Crippen LogP contribution in [0.5, 0.6) is 11.5 Å². The molecule has 5 N–H and O–H groups in total. The van der Waals surface area contributed by atoms with Gasteiger partial charge in [0.25, 0.3) is 11.8 Å². The highest BCUT2D eigenvalue weighted by molar-refractivity contribution is 6.25. The van der Waals surface area contributed by atoms with Crippen molar-refractivity contribution in [2.75, 3.05) is 89.8 Å². The number of aromatic nitrogens is 3. The molecule has 0 radical (unpaired) electrons. The van der Waals surface area contributed by atoms with Gasteiger partial charge in [0.2, 0.25) is 11.8 Å². The van der Waals surface area contributed by atoms with Gasteiger partial charge < -0.3 is 40.5 Å². The van der Waals surface area contributed by atoms with Crippen molar-refractivity contribution in [3.8, 4) is 22.6 Å². The fourth-order valence-corrected chi connectivity index (χ4v) is 9.74. The molecule has 17 nitrogen and oxygen atoms in total. The zero-order valence-electron chi connectivity index (χ0n) is 37.2. The number of nitrogens with one attached hydrogen (secondary N) is 3. The molecule has 17 heteroatoms. The summed E-state index contributed by atoms with van der Waals surface area (Å²) in [5, 5.41) is 9.41. The van der Waals surface area contributed by atoms with Crippen LogP contribution in [0.15, 0.2) is 85.3 Å². The Balaban J connectivity index is 0.640. The molecular weight excluding hydrogens is 841 g/mol. The van der Waals surface area contributed by atoms with Gasteiger partial charge in [-0.2, -0.15) is 0 Å². The van der Waals surface area contributed by atoms with Crippen LogP contribution in [0.1, 0.15) is 65.3 Å². The number of fused-ring (bicyclic) bond motifs is 2. The van der Waals surface area contributed by atoms with Gasteiger partial charge in [-0.25, -0.2) is 9.97 Å². The predicted molar refractivity (Wildman–Crippen MR) is 249 cm³/mol. The lowest BCUT2D eigenvalue weighted by atomic mass is 9.89. The summed E-state index contributed by atoms with van der Waals surface area (Å²) in [6.45, 7) is 7.61. The van der Waals surface area contributed by atoms with Gasteiger partial charge in [0.1, 0.15) is 35.3 Å². The van der Waals surface area contributed by atoms with E-state index >= 15 is 0 Å². The number of rotatable bonds is 18. The molecule has 346 valence electrons. The van der Waals surface area contributed by atoms with Crippen molar-refractivity contribution in [1.82, 2.24) is 39.9 Å². The first-order valence-electron chi connectivity index (χ1n) is 23.2. The molecule has 5 heterocycles. The lowest BCUT2D eigenvalue weighted by Gasteiger charge is -2.42. The molecule has 1 atom stereocenters. The predicted octanol–water partition coefficient (Wildman–Crippen LogP) is 4.71. The molecule has 66 heavy (non-hydrogen) atoms. The second-order valence-electron chi connectivity index (χ2n) is 17.3. The van der Waals surface area contributed by atoms with Gasteiger partial charge in [0, 0.05) is 75.3 Å². The van der Waals surface area contributed by atoms with Crippen molar-refractivity contribution in [2.24, 2.45) is 0 Å². The molecule has 3 fully saturated rings. The number of anilines is 2. The summed E-state index contributed by atoms with van der Waals surface area (Å²) >= 11 is 0. The molecule has 4 aliphatic rings. The molecule has 9 rings (SSSR count). The number of ether oxygens (including phenoxy) is 3. The number of hydrogen-bond acceptors (Lipinski definition) is 13. The van der Waals surface area contributed by atoms with Crippen LogP contribution < -0.4 is 26.4 Å². The Labute approximate surface area is 383 Å². The molecule has 5 aromatic rings. The monoisotopic (exact) mass is 898 g/mol. The lowest BCUT2D eigenvalue weighted by molar-refractivity contribution is -0.126. The van der Waals surface area contributed by atoms with Gasteiger partial charge in [0.05, 0.1) is 49.5 Å². The van der Waals surface area contributed by atoms with E-state index in [0.29, 0.717) is 75.9 Å². The smallest absolute Gasteiger partial charge is 0.264 e. The summed E-state index contributed by atoms with van der Waals surface area (Å²) in [5.74, 6) is 0.428. The Morgan fingerprint density at radius 2 is 1.52 bits per heavy atom. The Morgan fingerprint density at radius 3 is 2.29 bits per heavy atom. The van der Waals surface area contributed by atoms with E-state index in [4.69, 9.17) is 24.9 Å². The number of hydrogen-bond donors (Lipinski definition) is 4. The Morgan fingerprint density at radius 1 is 0.773 bits per heavy atom. The van der Waals surface area contributed by atoms with Crippen molar-refractivity contribution in [3.63, 3.8) is 0 Å². The van der Waals surface area contributed by atoms with Crippen molar-refractivity contribution in [1.29, 1.82) is 0 Å². The molecule has 3 aromatic carbocycles. The summed E-state index contributed by atoms with van der Waals surface area (Å²) in [5.41, 5.74) is 10.2. The van der Waals surface area contributed by atoms with Crippen LogP contribution in [0.25, 0.3) is 22.2 Å². The lowest BCUT2D eigenvalue weighted by Crippen LogP contribution is -2.52. The van der Waals surface area contributed by atoms with Gasteiger partial charge in [-0.15, -0.1) is 0 Å². The minimum atomic E-state index is -0.830. The van der Waals surface area contributed by atoms with E-state index in [9.17, 15) is 19.2 Å². The Kier molecular flexibility index (Phi) is 14.1. The number of carbonyl (C=O) groups excluding carboxylic acids is 4. The third-order valence-electron chi connectivity index (χ3n) is 13.2. The molecule has 3 aliphatic heterocycles. The number of para-hydroxylation sites is 1. The fourth-order valence-electron chi connectivity index (χ4n) is 9.74. The Bertz CT molecular complexity index is 2500. The van der Waals surface area contributed by atoms with Crippen LogP contribution in [0.2, 0.25) is 0 Å². The summed E-state index contributed by atoms with van der Waals surface area (Å²) < 4.78 is 19.9. The molecule has 1 saturated carbocycles. The summed E-state index contributed by atoms with van der Waals surface area (Å²) in [6.07, 6.45) is 9.32. The second-order valence-corrected chi connectivity index (χ2v) is 17.3. The van der Waals surface area contributed by atoms with Crippen molar-refractivity contribution in [3.05, 3.63) is 96.4 Å². The minimum Gasteiger partial charge on any atom is -0.457 e. The standard InChI is InChI=1S/C49H58N10O7/c50-45-44-39(33-11-17-37(18-12-33)66-36-6-2-1-3-7-36)31-58(46(44)55-32-54-45)35-15-13-34(14-16-35)57-23-21-56(22-24-57)25-27-65-29-28-64-26-20-51-42(60)30-53-40-9-4-8-38-43(40)49(63)59(48(38)62)41-10-5-19-52-47(41)61/h1-4,6-9,11-12,17-18,31-32,34-35,41,53H,5,10,13-16,19-30H2,(H,51,60)(H,52,61)(H2,50,54,55)/t34-,35-,41?. The molecule has 2 saturated heterocycles. The largest absolute Gasteiger partial charge is 0.457 e. The van der Waals surface area contributed by atoms with Crippen LogP contribution in [0, 0.1) is 0 Å². The number of nitrogens with zero attached hydrogens (tertiary/aromatic N) is 6. The number of nitrogen functional groups attached to an aromatic ring is 1. The normalized spacial score (nSPS) is 20.3. The SMILES string of the molecule is Nc1ncnc2c1c(-c1ccc(Oc3ccccc3)cc1)cn2[C@H]1CC[C@H](N2CCN(CCOCCOCCNC(=O)CNc3cccc4c3C(=O)N(C3CCCNC3=O)C4=O)CC2)CC1. The third kappa shape index (κ3) is 10.0. The highest BCUT2D eigenvalue weighted by Crippen LogP contribution is 2.40. The second kappa shape index (κ2) is 20.8. The van der Waals surface area contributed by atoms with E-state index in [-0.39, 0.29) is 29.5 Å². The van der Waals surface area contributed by atoms with Crippen LogP contribution in [-0.2, 0) is 19.1 Å².